The van der Waals surface area contributed by atoms with Crippen LogP contribution in [0.2, 0.25) is 5.02 Å². The van der Waals surface area contributed by atoms with Crippen LogP contribution in [0.1, 0.15) is 30.0 Å². The minimum Gasteiger partial charge on any atom is -0.326 e. The second kappa shape index (κ2) is 9.01. The number of rotatable bonds is 5. The number of amidine groups is 1. The van der Waals surface area contributed by atoms with Gasteiger partial charge >= 0.3 is 0 Å². The number of aliphatic imine (C=N–C) groups is 1. The number of halogens is 1. The summed E-state index contributed by atoms with van der Waals surface area (Å²) >= 11 is 7.51. The number of nitrogens with one attached hydrogen (secondary N) is 1. The number of anilines is 1. The molecule has 152 valence electrons. The van der Waals surface area contributed by atoms with Gasteiger partial charge < -0.3 is 5.32 Å². The first kappa shape index (κ1) is 21.4. The smallest absolute Gasteiger partial charge is 0.242 e. The molecule has 0 spiro atoms. The molecule has 1 fully saturated rings. The van der Waals surface area contributed by atoms with Gasteiger partial charge in [0, 0.05) is 23.7 Å². The van der Waals surface area contributed by atoms with Crippen LogP contribution in [0.15, 0.2) is 41.4 Å². The highest BCUT2D eigenvalue weighted by atomic mass is 35.5. The second-order valence-electron chi connectivity index (χ2n) is 7.10. The largest absolute Gasteiger partial charge is 0.326 e. The summed E-state index contributed by atoms with van der Waals surface area (Å²) in [5.41, 5.74) is 4.50. The summed E-state index contributed by atoms with van der Waals surface area (Å²) in [6, 6.07) is 11.4. The molecule has 5 nitrogen and oxygen atoms in total. The Bertz CT molecular complexity index is 970. The molecule has 1 N–H and O–H groups in total. The summed E-state index contributed by atoms with van der Waals surface area (Å²) < 4.78 is 0. The van der Waals surface area contributed by atoms with Gasteiger partial charge in [-0.1, -0.05) is 35.5 Å². The zero-order valence-corrected chi connectivity index (χ0v) is 18.5. The molecule has 7 heteroatoms. The summed E-state index contributed by atoms with van der Waals surface area (Å²) in [5.74, 6) is -0.274. The molecule has 2 aromatic rings. The Morgan fingerprint density at radius 1 is 1.21 bits per heavy atom. The fraction of sp³-hybridized carbons (Fsp3) is 0.318. The van der Waals surface area contributed by atoms with Crippen LogP contribution >= 0.6 is 23.4 Å². The van der Waals surface area contributed by atoms with Gasteiger partial charge in [-0.05, 0) is 68.7 Å². The van der Waals surface area contributed by atoms with E-state index in [0.29, 0.717) is 16.7 Å². The Hall–Kier alpha value is -2.31. The molecule has 2 amide bonds. The number of nitrogens with zero attached hydrogens (tertiary/aromatic N) is 2. The van der Waals surface area contributed by atoms with Gasteiger partial charge in [-0.25, -0.2) is 4.99 Å². The van der Waals surface area contributed by atoms with Crippen LogP contribution < -0.4 is 5.32 Å². The number of thioether (sulfide) groups is 1. The monoisotopic (exact) mass is 429 g/mol. The molecule has 2 aromatic carbocycles. The molecular weight excluding hydrogens is 406 g/mol. The SMILES string of the molecule is CCN1C(=O)C(CC(=O)Nc2cc(C)cc(C)c2)SC1=Nc1cccc(Cl)c1C. The van der Waals surface area contributed by atoms with Crippen molar-refractivity contribution in [1.82, 2.24) is 4.90 Å². The summed E-state index contributed by atoms with van der Waals surface area (Å²) in [4.78, 5) is 31.6. The number of aryl methyl sites for hydroxylation is 2. The van der Waals surface area contributed by atoms with Crippen LogP contribution in [-0.4, -0.2) is 33.7 Å². The third-order valence-electron chi connectivity index (χ3n) is 4.67. The van der Waals surface area contributed by atoms with E-state index in [2.05, 4.69) is 10.3 Å². The second-order valence-corrected chi connectivity index (χ2v) is 8.67. The number of hydrogen-bond donors (Lipinski definition) is 1. The van der Waals surface area contributed by atoms with Crippen molar-refractivity contribution < 1.29 is 9.59 Å². The Balaban J connectivity index is 1.75. The third kappa shape index (κ3) is 5.00. The molecule has 1 saturated heterocycles. The Kier molecular flexibility index (Phi) is 6.65. The molecule has 3 rings (SSSR count). The van der Waals surface area contributed by atoms with Gasteiger partial charge in [0.2, 0.25) is 11.8 Å². The highest BCUT2D eigenvalue weighted by Gasteiger charge is 2.38. The molecule has 29 heavy (non-hydrogen) atoms. The molecule has 1 heterocycles. The van der Waals surface area contributed by atoms with E-state index < -0.39 is 5.25 Å². The molecule has 0 saturated carbocycles. The standard InChI is InChI=1S/C22H24ClN3O2S/c1-5-26-21(28)19(12-20(27)24-16-10-13(2)9-14(3)11-16)29-22(26)25-18-8-6-7-17(23)15(18)4/h6-11,19H,5,12H2,1-4H3,(H,24,27). The topological polar surface area (TPSA) is 61.8 Å². The van der Waals surface area contributed by atoms with Crippen molar-refractivity contribution in [3.05, 3.63) is 58.1 Å². The molecular formula is C22H24ClN3O2S. The first-order valence-corrected chi connectivity index (χ1v) is 10.7. The minimum atomic E-state index is -0.487. The van der Waals surface area contributed by atoms with Crippen LogP contribution in [0.25, 0.3) is 0 Å². The lowest BCUT2D eigenvalue weighted by Crippen LogP contribution is -2.33. The van der Waals surface area contributed by atoms with E-state index in [-0.39, 0.29) is 18.2 Å². The average molecular weight is 430 g/mol. The van der Waals surface area contributed by atoms with Gasteiger partial charge in [-0.3, -0.25) is 14.5 Å². The van der Waals surface area contributed by atoms with E-state index in [9.17, 15) is 9.59 Å². The van der Waals surface area contributed by atoms with E-state index in [1.165, 1.54) is 11.8 Å². The maximum atomic E-state index is 12.8. The van der Waals surface area contributed by atoms with Crippen molar-refractivity contribution in [2.45, 2.75) is 39.4 Å². The molecule has 1 aliphatic heterocycles. The Morgan fingerprint density at radius 3 is 2.55 bits per heavy atom. The van der Waals surface area contributed by atoms with E-state index in [1.54, 1.807) is 4.90 Å². The third-order valence-corrected chi connectivity index (χ3v) is 6.25. The van der Waals surface area contributed by atoms with Gasteiger partial charge in [0.25, 0.3) is 0 Å². The van der Waals surface area contributed by atoms with Gasteiger partial charge in [0.15, 0.2) is 5.17 Å². The fourth-order valence-electron chi connectivity index (χ4n) is 3.26. The van der Waals surface area contributed by atoms with Crippen LogP contribution in [-0.2, 0) is 9.59 Å². The molecule has 1 unspecified atom stereocenters. The normalized spacial score (nSPS) is 17.8. The van der Waals surface area contributed by atoms with Crippen LogP contribution in [0, 0.1) is 20.8 Å². The summed E-state index contributed by atoms with van der Waals surface area (Å²) in [7, 11) is 0. The van der Waals surface area contributed by atoms with Crippen molar-refractivity contribution in [2.24, 2.45) is 4.99 Å². The van der Waals surface area contributed by atoms with Crippen LogP contribution in [0.5, 0.6) is 0 Å². The average Bonchev–Trinajstić information content (AvgIpc) is 2.92. The molecule has 0 radical (unpaired) electrons. The lowest BCUT2D eigenvalue weighted by atomic mass is 10.1. The summed E-state index contributed by atoms with van der Waals surface area (Å²) in [6.45, 7) is 8.27. The number of carbonyl (C=O) groups is 2. The number of amides is 2. The highest BCUT2D eigenvalue weighted by molar-refractivity contribution is 8.15. The maximum Gasteiger partial charge on any atom is 0.242 e. The fourth-order valence-corrected chi connectivity index (χ4v) is 4.65. The van der Waals surface area contributed by atoms with Gasteiger partial charge in [-0.15, -0.1) is 0 Å². The van der Waals surface area contributed by atoms with Crippen molar-refractivity contribution >= 4 is 51.7 Å². The van der Waals surface area contributed by atoms with Crippen LogP contribution in [0.4, 0.5) is 11.4 Å². The van der Waals surface area contributed by atoms with E-state index in [4.69, 9.17) is 11.6 Å². The van der Waals surface area contributed by atoms with E-state index in [1.807, 2.05) is 64.1 Å². The van der Waals surface area contributed by atoms with Crippen molar-refractivity contribution in [1.29, 1.82) is 0 Å². The molecule has 0 bridgehead atoms. The predicted octanol–water partition coefficient (Wildman–Crippen LogP) is 5.25. The van der Waals surface area contributed by atoms with Crippen molar-refractivity contribution in [3.63, 3.8) is 0 Å². The number of hydrogen-bond acceptors (Lipinski definition) is 4. The van der Waals surface area contributed by atoms with Crippen molar-refractivity contribution in [2.75, 3.05) is 11.9 Å². The zero-order valence-electron chi connectivity index (χ0n) is 17.0. The maximum absolute atomic E-state index is 12.8. The summed E-state index contributed by atoms with van der Waals surface area (Å²) in [6.07, 6.45) is 0.0978. The lowest BCUT2D eigenvalue weighted by molar-refractivity contribution is -0.128. The predicted molar refractivity (Wildman–Crippen MR) is 121 cm³/mol. The quantitative estimate of drug-likeness (QED) is 0.706. The van der Waals surface area contributed by atoms with E-state index >= 15 is 0 Å². The van der Waals surface area contributed by atoms with Gasteiger partial charge in [0.05, 0.1) is 5.69 Å². The molecule has 0 aliphatic carbocycles. The van der Waals surface area contributed by atoms with Gasteiger partial charge in [-0.2, -0.15) is 0 Å². The zero-order chi connectivity index (χ0) is 21.1. The first-order chi connectivity index (χ1) is 13.8. The van der Waals surface area contributed by atoms with E-state index in [0.717, 1.165) is 28.1 Å². The number of benzene rings is 2. The highest BCUT2D eigenvalue weighted by Crippen LogP contribution is 2.33. The number of carbonyl (C=O) groups excluding carboxylic acids is 2. The molecule has 0 aromatic heterocycles. The van der Waals surface area contributed by atoms with Crippen LogP contribution in [0.3, 0.4) is 0 Å². The lowest BCUT2D eigenvalue weighted by Gasteiger charge is -2.14. The first-order valence-electron chi connectivity index (χ1n) is 9.48. The Labute approximate surface area is 180 Å². The molecule has 1 atom stereocenters. The van der Waals surface area contributed by atoms with Gasteiger partial charge in [0.1, 0.15) is 5.25 Å². The van der Waals surface area contributed by atoms with Crippen molar-refractivity contribution in [3.8, 4) is 0 Å². The molecule has 1 aliphatic rings. The Morgan fingerprint density at radius 2 is 1.90 bits per heavy atom. The summed E-state index contributed by atoms with van der Waals surface area (Å²) in [5, 5.41) is 3.65. The minimum absolute atomic E-state index is 0.0912.